The molecule has 1 aliphatic rings. The number of amides is 1. The van der Waals surface area contributed by atoms with E-state index in [1.54, 1.807) is 13.0 Å². The van der Waals surface area contributed by atoms with Crippen LogP contribution >= 0.6 is 11.8 Å². The summed E-state index contributed by atoms with van der Waals surface area (Å²) in [5.41, 5.74) is 1.76. The molecule has 26 heavy (non-hydrogen) atoms. The molecule has 0 atom stereocenters. The Morgan fingerprint density at radius 3 is 2.88 bits per heavy atom. The SMILES string of the molecule is Cc1ccc([N+](=O)[O-])c(NC(=O)CSc2nnc3n2CCCCC3)c1C. The second-order valence-corrected chi connectivity index (χ2v) is 7.30. The number of fused-ring (bicyclic) bond motifs is 1. The number of carbonyl (C=O) groups is 1. The summed E-state index contributed by atoms with van der Waals surface area (Å²) in [5.74, 6) is 0.802. The van der Waals surface area contributed by atoms with Crippen LogP contribution in [0.4, 0.5) is 11.4 Å². The summed E-state index contributed by atoms with van der Waals surface area (Å²) in [4.78, 5) is 23.1. The largest absolute Gasteiger partial charge is 0.319 e. The van der Waals surface area contributed by atoms with Gasteiger partial charge in [0.1, 0.15) is 11.5 Å². The highest BCUT2D eigenvalue weighted by Gasteiger charge is 2.20. The topological polar surface area (TPSA) is 103 Å². The van der Waals surface area contributed by atoms with Crippen molar-refractivity contribution in [3.8, 4) is 0 Å². The summed E-state index contributed by atoms with van der Waals surface area (Å²) in [6.07, 6.45) is 4.28. The molecule has 1 aromatic carbocycles. The van der Waals surface area contributed by atoms with Crippen LogP contribution in [0.2, 0.25) is 0 Å². The van der Waals surface area contributed by atoms with Gasteiger partial charge in [0.2, 0.25) is 5.91 Å². The summed E-state index contributed by atoms with van der Waals surface area (Å²) < 4.78 is 2.07. The third-order valence-corrected chi connectivity index (χ3v) is 5.55. The molecule has 1 N–H and O–H groups in total. The first-order valence-electron chi connectivity index (χ1n) is 8.56. The zero-order valence-corrected chi connectivity index (χ0v) is 15.6. The van der Waals surface area contributed by atoms with Gasteiger partial charge in [0.05, 0.1) is 10.7 Å². The monoisotopic (exact) mass is 375 g/mol. The van der Waals surface area contributed by atoms with E-state index in [2.05, 4.69) is 20.1 Å². The van der Waals surface area contributed by atoms with Gasteiger partial charge in [-0.3, -0.25) is 14.9 Å². The number of nitrogens with zero attached hydrogens (tertiary/aromatic N) is 4. The van der Waals surface area contributed by atoms with Gasteiger partial charge < -0.3 is 9.88 Å². The first kappa shape index (κ1) is 18.4. The molecule has 0 bridgehead atoms. The second kappa shape index (κ2) is 7.86. The molecule has 2 aromatic rings. The predicted molar refractivity (Wildman–Crippen MR) is 99.5 cm³/mol. The van der Waals surface area contributed by atoms with Gasteiger partial charge in [-0.2, -0.15) is 0 Å². The minimum Gasteiger partial charge on any atom is -0.319 e. The van der Waals surface area contributed by atoms with Crippen LogP contribution in [-0.2, 0) is 17.8 Å². The van der Waals surface area contributed by atoms with E-state index in [-0.39, 0.29) is 23.0 Å². The molecule has 1 amide bonds. The Morgan fingerprint density at radius 2 is 2.12 bits per heavy atom. The van der Waals surface area contributed by atoms with E-state index in [4.69, 9.17) is 0 Å². The number of nitrogens with one attached hydrogen (secondary N) is 1. The first-order chi connectivity index (χ1) is 12.5. The molecular weight excluding hydrogens is 354 g/mol. The van der Waals surface area contributed by atoms with Gasteiger partial charge in [0, 0.05) is 19.0 Å². The molecule has 1 aromatic heterocycles. The average Bonchev–Trinajstić information content (AvgIpc) is 2.83. The third-order valence-electron chi connectivity index (χ3n) is 4.58. The fourth-order valence-electron chi connectivity index (χ4n) is 2.98. The van der Waals surface area contributed by atoms with Crippen molar-refractivity contribution in [1.82, 2.24) is 14.8 Å². The van der Waals surface area contributed by atoms with Crippen molar-refractivity contribution in [3.63, 3.8) is 0 Å². The maximum absolute atomic E-state index is 12.4. The van der Waals surface area contributed by atoms with Crippen LogP contribution in [0.25, 0.3) is 0 Å². The summed E-state index contributed by atoms with van der Waals surface area (Å²) in [7, 11) is 0. The first-order valence-corrected chi connectivity index (χ1v) is 9.55. The molecule has 0 saturated heterocycles. The number of benzene rings is 1. The highest BCUT2D eigenvalue weighted by atomic mass is 32.2. The zero-order chi connectivity index (χ0) is 18.7. The number of nitro groups is 1. The third kappa shape index (κ3) is 3.87. The molecule has 0 radical (unpaired) electrons. The summed E-state index contributed by atoms with van der Waals surface area (Å²) >= 11 is 1.31. The maximum Gasteiger partial charge on any atom is 0.293 e. The van der Waals surface area contributed by atoms with E-state index in [0.29, 0.717) is 5.56 Å². The van der Waals surface area contributed by atoms with Gasteiger partial charge in [-0.1, -0.05) is 24.2 Å². The van der Waals surface area contributed by atoms with Crippen LogP contribution in [0.5, 0.6) is 0 Å². The number of rotatable bonds is 5. The van der Waals surface area contributed by atoms with Crippen molar-refractivity contribution in [2.45, 2.75) is 51.2 Å². The standard InChI is InChI=1S/C17H21N5O3S/c1-11-7-8-13(22(24)25)16(12(11)2)18-15(23)10-26-17-20-19-14-6-4-3-5-9-21(14)17/h7-8H,3-6,9-10H2,1-2H3,(H,18,23). The lowest BCUT2D eigenvalue weighted by molar-refractivity contribution is -0.384. The molecule has 1 aliphatic heterocycles. The van der Waals surface area contributed by atoms with E-state index < -0.39 is 4.92 Å². The predicted octanol–water partition coefficient (Wildman–Crippen LogP) is 3.26. The van der Waals surface area contributed by atoms with Crippen molar-refractivity contribution >= 4 is 29.0 Å². The number of hydrogen-bond donors (Lipinski definition) is 1. The minimum atomic E-state index is -0.479. The van der Waals surface area contributed by atoms with Gasteiger partial charge in [-0.15, -0.1) is 10.2 Å². The molecule has 138 valence electrons. The fraction of sp³-hybridized carbons (Fsp3) is 0.471. The van der Waals surface area contributed by atoms with Gasteiger partial charge in [-0.25, -0.2) is 0 Å². The highest BCUT2D eigenvalue weighted by molar-refractivity contribution is 7.99. The van der Waals surface area contributed by atoms with Crippen LogP contribution in [-0.4, -0.2) is 31.3 Å². The van der Waals surface area contributed by atoms with E-state index in [1.165, 1.54) is 24.2 Å². The number of nitro benzene ring substituents is 1. The van der Waals surface area contributed by atoms with Crippen LogP contribution in [0, 0.1) is 24.0 Å². The van der Waals surface area contributed by atoms with Crippen molar-refractivity contribution in [1.29, 1.82) is 0 Å². The molecule has 8 nitrogen and oxygen atoms in total. The van der Waals surface area contributed by atoms with Crippen molar-refractivity contribution in [2.75, 3.05) is 11.1 Å². The molecule has 0 unspecified atom stereocenters. The number of carbonyl (C=O) groups excluding carboxylic acids is 1. The van der Waals surface area contributed by atoms with Crippen molar-refractivity contribution in [2.24, 2.45) is 0 Å². The van der Waals surface area contributed by atoms with Crippen molar-refractivity contribution in [3.05, 3.63) is 39.2 Å². The minimum absolute atomic E-state index is 0.0946. The lowest BCUT2D eigenvalue weighted by Crippen LogP contribution is -2.17. The number of aryl methyl sites for hydroxylation is 2. The normalized spacial score (nSPS) is 13.8. The Kier molecular flexibility index (Phi) is 5.55. The Balaban J connectivity index is 1.70. The van der Waals surface area contributed by atoms with Crippen LogP contribution < -0.4 is 5.32 Å². The molecule has 0 spiro atoms. The molecule has 3 rings (SSSR count). The zero-order valence-electron chi connectivity index (χ0n) is 14.8. The van der Waals surface area contributed by atoms with Gasteiger partial charge in [-0.05, 0) is 37.8 Å². The van der Waals surface area contributed by atoms with Crippen LogP contribution in [0.3, 0.4) is 0 Å². The van der Waals surface area contributed by atoms with Crippen LogP contribution in [0.15, 0.2) is 17.3 Å². The summed E-state index contributed by atoms with van der Waals surface area (Å²) in [6, 6.07) is 3.10. The molecule has 0 aliphatic carbocycles. The molecular formula is C17H21N5O3S. The average molecular weight is 375 g/mol. The van der Waals surface area contributed by atoms with Gasteiger partial charge in [0.25, 0.3) is 5.69 Å². The quantitative estimate of drug-likeness (QED) is 0.489. The Morgan fingerprint density at radius 1 is 1.31 bits per heavy atom. The van der Waals surface area contributed by atoms with E-state index >= 15 is 0 Å². The molecule has 0 saturated carbocycles. The lowest BCUT2D eigenvalue weighted by atomic mass is 10.1. The molecule has 2 heterocycles. The van der Waals surface area contributed by atoms with Gasteiger partial charge in [0.15, 0.2) is 5.16 Å². The molecule has 0 fully saturated rings. The summed E-state index contributed by atoms with van der Waals surface area (Å²) in [5, 5.41) is 23.1. The molecule has 9 heteroatoms. The highest BCUT2D eigenvalue weighted by Crippen LogP contribution is 2.30. The lowest BCUT2D eigenvalue weighted by Gasteiger charge is -2.11. The van der Waals surface area contributed by atoms with Gasteiger partial charge >= 0.3 is 0 Å². The van der Waals surface area contributed by atoms with E-state index in [1.807, 2.05) is 6.92 Å². The smallest absolute Gasteiger partial charge is 0.293 e. The number of thioether (sulfide) groups is 1. The Hall–Kier alpha value is -2.42. The number of aromatic nitrogens is 3. The number of hydrogen-bond acceptors (Lipinski definition) is 6. The summed E-state index contributed by atoms with van der Waals surface area (Å²) in [6.45, 7) is 4.49. The Bertz CT molecular complexity index is 849. The maximum atomic E-state index is 12.4. The second-order valence-electron chi connectivity index (χ2n) is 6.36. The number of anilines is 1. The van der Waals surface area contributed by atoms with E-state index in [9.17, 15) is 14.9 Å². The fourth-order valence-corrected chi connectivity index (χ4v) is 3.77. The Labute approximate surface area is 155 Å². The van der Waals surface area contributed by atoms with E-state index in [0.717, 1.165) is 42.4 Å². The van der Waals surface area contributed by atoms with Crippen LogP contribution in [0.1, 0.15) is 36.2 Å². The van der Waals surface area contributed by atoms with Crippen molar-refractivity contribution < 1.29 is 9.72 Å².